The highest BCUT2D eigenvalue weighted by molar-refractivity contribution is 5.95. The molecule has 0 amide bonds. The van der Waals surface area contributed by atoms with Gasteiger partial charge in [-0.15, -0.1) is 0 Å². The SMILES string of the molecule is CCCOC(=O)c1ccccc1N(CC)CC. The van der Waals surface area contributed by atoms with Crippen LogP contribution in [0.5, 0.6) is 0 Å². The minimum atomic E-state index is -0.227. The summed E-state index contributed by atoms with van der Waals surface area (Å²) in [5.41, 5.74) is 1.61. The number of benzene rings is 1. The molecule has 0 aliphatic rings. The molecule has 0 aliphatic heterocycles. The molecule has 0 saturated carbocycles. The van der Waals surface area contributed by atoms with Crippen molar-refractivity contribution in [3.8, 4) is 0 Å². The maximum absolute atomic E-state index is 11.9. The van der Waals surface area contributed by atoms with Crippen molar-refractivity contribution in [1.82, 2.24) is 0 Å². The lowest BCUT2D eigenvalue weighted by Crippen LogP contribution is -2.24. The van der Waals surface area contributed by atoms with E-state index in [2.05, 4.69) is 18.7 Å². The van der Waals surface area contributed by atoms with Gasteiger partial charge in [0.25, 0.3) is 0 Å². The van der Waals surface area contributed by atoms with Crippen LogP contribution in [0.1, 0.15) is 37.6 Å². The smallest absolute Gasteiger partial charge is 0.340 e. The number of para-hydroxylation sites is 1. The van der Waals surface area contributed by atoms with Crippen LogP contribution < -0.4 is 4.90 Å². The minimum absolute atomic E-state index is 0.227. The number of anilines is 1. The zero-order valence-corrected chi connectivity index (χ0v) is 10.9. The van der Waals surface area contributed by atoms with Gasteiger partial charge < -0.3 is 9.64 Å². The number of carbonyl (C=O) groups excluding carboxylic acids is 1. The van der Waals surface area contributed by atoms with Gasteiger partial charge in [-0.25, -0.2) is 4.79 Å². The van der Waals surface area contributed by atoms with Crippen molar-refractivity contribution < 1.29 is 9.53 Å². The van der Waals surface area contributed by atoms with Crippen LogP contribution in [-0.2, 0) is 4.74 Å². The Balaban J connectivity index is 2.94. The molecule has 17 heavy (non-hydrogen) atoms. The fourth-order valence-electron chi connectivity index (χ4n) is 1.76. The van der Waals surface area contributed by atoms with Crippen molar-refractivity contribution in [2.24, 2.45) is 0 Å². The van der Waals surface area contributed by atoms with Crippen LogP contribution >= 0.6 is 0 Å². The molecule has 0 radical (unpaired) electrons. The molecule has 1 aromatic rings. The van der Waals surface area contributed by atoms with Crippen molar-refractivity contribution in [1.29, 1.82) is 0 Å². The molecule has 0 aromatic heterocycles. The summed E-state index contributed by atoms with van der Waals surface area (Å²) < 4.78 is 5.19. The van der Waals surface area contributed by atoms with Crippen LogP contribution in [0.4, 0.5) is 5.69 Å². The monoisotopic (exact) mass is 235 g/mol. The summed E-state index contributed by atoms with van der Waals surface area (Å²) in [6.07, 6.45) is 0.846. The highest BCUT2D eigenvalue weighted by Crippen LogP contribution is 2.20. The molecule has 0 unspecified atom stereocenters. The first kappa shape index (κ1) is 13.6. The number of nitrogens with zero attached hydrogens (tertiary/aromatic N) is 1. The zero-order valence-electron chi connectivity index (χ0n) is 10.9. The Bertz CT molecular complexity index is 359. The second-order valence-corrected chi connectivity index (χ2v) is 3.83. The van der Waals surface area contributed by atoms with Crippen molar-refractivity contribution >= 4 is 11.7 Å². The van der Waals surface area contributed by atoms with Crippen LogP contribution in [0.15, 0.2) is 24.3 Å². The van der Waals surface area contributed by atoms with E-state index in [1.165, 1.54) is 0 Å². The van der Waals surface area contributed by atoms with E-state index in [0.717, 1.165) is 25.2 Å². The Labute approximate surface area is 103 Å². The lowest BCUT2D eigenvalue weighted by molar-refractivity contribution is 0.0506. The Kier molecular flexibility index (Phi) is 5.53. The lowest BCUT2D eigenvalue weighted by atomic mass is 10.1. The maximum Gasteiger partial charge on any atom is 0.340 e. The second kappa shape index (κ2) is 6.94. The lowest BCUT2D eigenvalue weighted by Gasteiger charge is -2.23. The van der Waals surface area contributed by atoms with E-state index in [-0.39, 0.29) is 5.97 Å². The van der Waals surface area contributed by atoms with Gasteiger partial charge in [0.15, 0.2) is 0 Å². The highest BCUT2D eigenvalue weighted by Gasteiger charge is 2.15. The number of carbonyl (C=O) groups is 1. The van der Waals surface area contributed by atoms with Crippen LogP contribution in [0, 0.1) is 0 Å². The second-order valence-electron chi connectivity index (χ2n) is 3.83. The molecule has 0 fully saturated rings. The molecule has 3 heteroatoms. The Hall–Kier alpha value is -1.51. The average Bonchev–Trinajstić information content (AvgIpc) is 2.38. The van der Waals surface area contributed by atoms with Crippen LogP contribution in [0.3, 0.4) is 0 Å². The summed E-state index contributed by atoms with van der Waals surface area (Å²) >= 11 is 0. The molecule has 3 nitrogen and oxygen atoms in total. The Morgan fingerprint density at radius 3 is 2.41 bits per heavy atom. The van der Waals surface area contributed by atoms with Gasteiger partial charge in [0.05, 0.1) is 17.9 Å². The van der Waals surface area contributed by atoms with E-state index < -0.39 is 0 Å². The standard InChI is InChI=1S/C14H21NO2/c1-4-11-17-14(16)12-9-7-8-10-13(12)15(5-2)6-3/h7-10H,4-6,11H2,1-3H3. The zero-order chi connectivity index (χ0) is 12.7. The molecule has 0 aliphatic carbocycles. The first-order chi connectivity index (χ1) is 8.24. The quantitative estimate of drug-likeness (QED) is 0.710. The molecule has 0 spiro atoms. The number of hydrogen-bond donors (Lipinski definition) is 0. The van der Waals surface area contributed by atoms with Gasteiger partial charge >= 0.3 is 5.97 Å². The fraction of sp³-hybridized carbons (Fsp3) is 0.500. The predicted octanol–water partition coefficient (Wildman–Crippen LogP) is 3.10. The first-order valence-corrected chi connectivity index (χ1v) is 6.25. The third kappa shape index (κ3) is 3.48. The number of ether oxygens (including phenoxy) is 1. The number of esters is 1. The van der Waals surface area contributed by atoms with E-state index in [4.69, 9.17) is 4.74 Å². The van der Waals surface area contributed by atoms with Gasteiger partial charge in [0.2, 0.25) is 0 Å². The van der Waals surface area contributed by atoms with Gasteiger partial charge in [-0.1, -0.05) is 19.1 Å². The summed E-state index contributed by atoms with van der Waals surface area (Å²) in [5, 5.41) is 0. The molecule has 0 saturated heterocycles. The molecule has 0 bridgehead atoms. The number of hydrogen-bond acceptors (Lipinski definition) is 3. The molecule has 1 rings (SSSR count). The molecular formula is C14H21NO2. The summed E-state index contributed by atoms with van der Waals surface area (Å²) in [6, 6.07) is 7.61. The van der Waals surface area contributed by atoms with Crippen LogP contribution in [-0.4, -0.2) is 25.7 Å². The normalized spacial score (nSPS) is 10.1. The van der Waals surface area contributed by atoms with Gasteiger partial charge in [0.1, 0.15) is 0 Å². The Morgan fingerprint density at radius 1 is 1.18 bits per heavy atom. The van der Waals surface area contributed by atoms with Crippen molar-refractivity contribution in [2.75, 3.05) is 24.6 Å². The summed E-state index contributed by atoms with van der Waals surface area (Å²) in [7, 11) is 0. The largest absolute Gasteiger partial charge is 0.462 e. The number of rotatable bonds is 6. The van der Waals surface area contributed by atoms with E-state index in [0.29, 0.717) is 12.2 Å². The molecule has 94 valence electrons. The first-order valence-electron chi connectivity index (χ1n) is 6.25. The topological polar surface area (TPSA) is 29.5 Å². The maximum atomic E-state index is 11.9. The summed E-state index contributed by atoms with van der Waals surface area (Å²) in [6.45, 7) is 8.40. The molecule has 0 atom stereocenters. The van der Waals surface area contributed by atoms with Gasteiger partial charge in [-0.2, -0.15) is 0 Å². The van der Waals surface area contributed by atoms with E-state index in [9.17, 15) is 4.79 Å². The summed E-state index contributed by atoms with van der Waals surface area (Å²) in [5.74, 6) is -0.227. The van der Waals surface area contributed by atoms with Gasteiger partial charge in [-0.3, -0.25) is 0 Å². The summed E-state index contributed by atoms with van der Waals surface area (Å²) in [4.78, 5) is 14.1. The van der Waals surface area contributed by atoms with Gasteiger partial charge in [0, 0.05) is 13.1 Å². The molecular weight excluding hydrogens is 214 g/mol. The van der Waals surface area contributed by atoms with Crippen LogP contribution in [0.25, 0.3) is 0 Å². The third-order valence-electron chi connectivity index (χ3n) is 2.67. The molecule has 0 heterocycles. The average molecular weight is 235 g/mol. The van der Waals surface area contributed by atoms with Crippen molar-refractivity contribution in [3.63, 3.8) is 0 Å². The highest BCUT2D eigenvalue weighted by atomic mass is 16.5. The molecule has 0 N–H and O–H groups in total. The molecule has 1 aromatic carbocycles. The van der Waals surface area contributed by atoms with E-state index in [1.54, 1.807) is 0 Å². The van der Waals surface area contributed by atoms with Gasteiger partial charge in [-0.05, 0) is 32.4 Å². The fourth-order valence-corrected chi connectivity index (χ4v) is 1.76. The van der Waals surface area contributed by atoms with E-state index in [1.807, 2.05) is 31.2 Å². The predicted molar refractivity (Wildman–Crippen MR) is 70.6 cm³/mol. The van der Waals surface area contributed by atoms with Crippen molar-refractivity contribution in [2.45, 2.75) is 27.2 Å². The third-order valence-corrected chi connectivity index (χ3v) is 2.67. The minimum Gasteiger partial charge on any atom is -0.462 e. The van der Waals surface area contributed by atoms with Crippen molar-refractivity contribution in [3.05, 3.63) is 29.8 Å². The van der Waals surface area contributed by atoms with E-state index >= 15 is 0 Å². The Morgan fingerprint density at radius 2 is 1.82 bits per heavy atom. The van der Waals surface area contributed by atoms with Crippen LogP contribution in [0.2, 0.25) is 0 Å².